The molecule has 1 amide bonds. The van der Waals surface area contributed by atoms with E-state index in [1.54, 1.807) is 18.2 Å². The van der Waals surface area contributed by atoms with Crippen LogP contribution in [0.15, 0.2) is 58.7 Å². The fraction of sp³-hybridized carbons (Fsp3) is 0.292. The molecule has 0 spiro atoms. The topological polar surface area (TPSA) is 69.0 Å². The summed E-state index contributed by atoms with van der Waals surface area (Å²) in [4.78, 5) is 12.5. The van der Waals surface area contributed by atoms with E-state index in [-0.39, 0.29) is 11.7 Å². The van der Waals surface area contributed by atoms with Gasteiger partial charge in [-0.2, -0.15) is 0 Å². The Balaban J connectivity index is 1.55. The molecular weight excluding hydrogens is 524 g/mol. The summed E-state index contributed by atoms with van der Waals surface area (Å²) in [6.07, 6.45) is 3.26. The van der Waals surface area contributed by atoms with Crippen LogP contribution >= 0.6 is 39.3 Å². The van der Waals surface area contributed by atoms with Crippen LogP contribution in [0, 0.1) is 13.8 Å². The number of nitrogens with one attached hydrogen (secondary N) is 1. The number of anilines is 1. The van der Waals surface area contributed by atoms with E-state index in [1.165, 1.54) is 11.8 Å². The van der Waals surface area contributed by atoms with E-state index in [4.69, 9.17) is 16.3 Å². The van der Waals surface area contributed by atoms with Crippen molar-refractivity contribution in [3.05, 3.63) is 75.5 Å². The number of rotatable bonds is 11. The van der Waals surface area contributed by atoms with Crippen LogP contribution in [0.4, 0.5) is 5.69 Å². The highest BCUT2D eigenvalue weighted by molar-refractivity contribution is 9.10. The van der Waals surface area contributed by atoms with E-state index in [0.717, 1.165) is 39.3 Å². The molecule has 0 aliphatic carbocycles. The van der Waals surface area contributed by atoms with Crippen LogP contribution in [-0.2, 0) is 17.8 Å². The predicted molar refractivity (Wildman–Crippen MR) is 138 cm³/mol. The Morgan fingerprint density at radius 2 is 2.03 bits per heavy atom. The lowest BCUT2D eigenvalue weighted by atomic mass is 10.1. The number of carbonyl (C=O) groups excluding carboxylic acids is 1. The number of amides is 1. The largest absolute Gasteiger partial charge is 0.492 e. The molecule has 3 rings (SSSR count). The molecule has 9 heteroatoms. The molecule has 0 radical (unpaired) electrons. The summed E-state index contributed by atoms with van der Waals surface area (Å²) < 4.78 is 8.64. The molecule has 33 heavy (non-hydrogen) atoms. The molecule has 0 fully saturated rings. The van der Waals surface area contributed by atoms with Crippen molar-refractivity contribution in [3.63, 3.8) is 0 Å². The highest BCUT2D eigenvalue weighted by Crippen LogP contribution is 2.28. The van der Waals surface area contributed by atoms with E-state index in [1.807, 2.05) is 42.7 Å². The monoisotopic (exact) mass is 548 g/mol. The first-order valence-electron chi connectivity index (χ1n) is 10.5. The summed E-state index contributed by atoms with van der Waals surface area (Å²) in [6, 6.07) is 11.4. The number of para-hydroxylation sites is 1. The number of nitrogens with zero attached hydrogens (tertiary/aromatic N) is 3. The molecule has 3 aromatic rings. The average Bonchev–Trinajstić information content (AvgIpc) is 3.15. The third-order valence-electron chi connectivity index (χ3n) is 4.88. The molecule has 2 aromatic carbocycles. The van der Waals surface area contributed by atoms with Gasteiger partial charge < -0.3 is 14.6 Å². The Bertz CT molecular complexity index is 1120. The van der Waals surface area contributed by atoms with E-state index in [0.29, 0.717) is 29.8 Å². The molecule has 0 aliphatic heterocycles. The molecule has 6 nitrogen and oxygen atoms in total. The zero-order valence-electron chi connectivity index (χ0n) is 18.6. The Morgan fingerprint density at radius 1 is 1.27 bits per heavy atom. The van der Waals surface area contributed by atoms with Crippen molar-refractivity contribution in [2.24, 2.45) is 0 Å². The fourth-order valence-electron chi connectivity index (χ4n) is 3.25. The van der Waals surface area contributed by atoms with Crippen molar-refractivity contribution < 1.29 is 9.53 Å². The second-order valence-electron chi connectivity index (χ2n) is 7.43. The van der Waals surface area contributed by atoms with Gasteiger partial charge in [-0.1, -0.05) is 47.6 Å². The number of hydrogen-bond donors (Lipinski definition) is 1. The SMILES string of the molecule is C=CCn1c(CCCOc2ccc(Cl)cc2Br)nnc1SCC(=O)Nc1c(C)cccc1C. The minimum Gasteiger partial charge on any atom is -0.492 e. The minimum absolute atomic E-state index is 0.0750. The molecule has 174 valence electrons. The van der Waals surface area contributed by atoms with Gasteiger partial charge in [-0.3, -0.25) is 4.79 Å². The first-order valence-corrected chi connectivity index (χ1v) is 12.6. The number of halogens is 2. The summed E-state index contributed by atoms with van der Waals surface area (Å²) in [5.74, 6) is 1.76. The van der Waals surface area contributed by atoms with Gasteiger partial charge in [0.25, 0.3) is 0 Å². The van der Waals surface area contributed by atoms with Crippen molar-refractivity contribution in [1.29, 1.82) is 0 Å². The molecule has 0 saturated carbocycles. The third-order valence-corrected chi connectivity index (χ3v) is 6.70. The molecule has 0 atom stereocenters. The number of aryl methyl sites for hydroxylation is 3. The lowest BCUT2D eigenvalue weighted by Crippen LogP contribution is -2.16. The van der Waals surface area contributed by atoms with Crippen molar-refractivity contribution in [2.45, 2.75) is 38.4 Å². The normalized spacial score (nSPS) is 10.8. The average molecular weight is 550 g/mol. The summed E-state index contributed by atoms with van der Waals surface area (Å²) in [6.45, 7) is 8.91. The highest BCUT2D eigenvalue weighted by atomic mass is 79.9. The van der Waals surface area contributed by atoms with Gasteiger partial charge in [-0.25, -0.2) is 0 Å². The van der Waals surface area contributed by atoms with Crippen molar-refractivity contribution >= 4 is 50.9 Å². The number of ether oxygens (including phenoxy) is 1. The lowest BCUT2D eigenvalue weighted by molar-refractivity contribution is -0.113. The van der Waals surface area contributed by atoms with E-state index in [2.05, 4.69) is 38.0 Å². The summed E-state index contributed by atoms with van der Waals surface area (Å²) in [5, 5.41) is 13.0. The smallest absolute Gasteiger partial charge is 0.234 e. The van der Waals surface area contributed by atoms with Crippen LogP contribution in [0.1, 0.15) is 23.4 Å². The molecule has 0 bridgehead atoms. The Hall–Kier alpha value is -2.29. The van der Waals surface area contributed by atoms with Crippen LogP contribution in [-0.4, -0.2) is 33.0 Å². The summed E-state index contributed by atoms with van der Waals surface area (Å²) in [7, 11) is 0. The molecule has 0 saturated heterocycles. The standard InChI is InChI=1S/C24H26BrClN4O2S/c1-4-12-30-21(9-6-13-32-20-11-10-18(26)14-19(20)25)28-29-24(30)33-15-22(31)27-23-16(2)7-5-8-17(23)3/h4-5,7-8,10-11,14H,1,6,9,12-13,15H2,2-3H3,(H,27,31). The van der Waals surface area contributed by atoms with E-state index >= 15 is 0 Å². The zero-order valence-corrected chi connectivity index (χ0v) is 21.8. The Morgan fingerprint density at radius 3 is 2.73 bits per heavy atom. The molecule has 1 N–H and O–H groups in total. The second kappa shape index (κ2) is 12.3. The number of allylic oxidation sites excluding steroid dienone is 1. The Kier molecular flexibility index (Phi) is 9.41. The van der Waals surface area contributed by atoms with Crippen molar-refractivity contribution in [3.8, 4) is 5.75 Å². The minimum atomic E-state index is -0.0750. The van der Waals surface area contributed by atoms with Gasteiger partial charge in [0, 0.05) is 23.7 Å². The van der Waals surface area contributed by atoms with Gasteiger partial charge in [-0.05, 0) is 65.5 Å². The number of carbonyl (C=O) groups is 1. The van der Waals surface area contributed by atoms with Crippen LogP contribution < -0.4 is 10.1 Å². The number of thioether (sulfide) groups is 1. The van der Waals surface area contributed by atoms with Gasteiger partial charge in [-0.15, -0.1) is 16.8 Å². The molecule has 1 aromatic heterocycles. The maximum atomic E-state index is 12.5. The van der Waals surface area contributed by atoms with Gasteiger partial charge in [0.1, 0.15) is 11.6 Å². The zero-order chi connectivity index (χ0) is 23.8. The first kappa shape index (κ1) is 25.3. The van der Waals surface area contributed by atoms with Crippen LogP contribution in [0.2, 0.25) is 5.02 Å². The van der Waals surface area contributed by atoms with E-state index < -0.39 is 0 Å². The van der Waals surface area contributed by atoms with Crippen LogP contribution in [0.25, 0.3) is 0 Å². The number of aromatic nitrogens is 3. The van der Waals surface area contributed by atoms with Gasteiger partial charge in [0.05, 0.1) is 16.8 Å². The van der Waals surface area contributed by atoms with Crippen molar-refractivity contribution in [1.82, 2.24) is 14.8 Å². The quantitative estimate of drug-likeness (QED) is 0.174. The molecule has 1 heterocycles. The molecule has 0 aliphatic rings. The maximum absolute atomic E-state index is 12.5. The van der Waals surface area contributed by atoms with Crippen molar-refractivity contribution in [2.75, 3.05) is 17.7 Å². The number of hydrogen-bond acceptors (Lipinski definition) is 5. The van der Waals surface area contributed by atoms with Gasteiger partial charge >= 0.3 is 0 Å². The second-order valence-corrected chi connectivity index (χ2v) is 9.66. The molecular formula is C24H26BrClN4O2S. The first-order chi connectivity index (χ1) is 15.9. The van der Waals surface area contributed by atoms with Crippen LogP contribution in [0.3, 0.4) is 0 Å². The number of benzene rings is 2. The maximum Gasteiger partial charge on any atom is 0.234 e. The van der Waals surface area contributed by atoms with Crippen LogP contribution in [0.5, 0.6) is 5.75 Å². The summed E-state index contributed by atoms with van der Waals surface area (Å²) >= 11 is 10.8. The third kappa shape index (κ3) is 7.09. The summed E-state index contributed by atoms with van der Waals surface area (Å²) in [5.41, 5.74) is 2.94. The predicted octanol–water partition coefficient (Wildman–Crippen LogP) is 6.24. The van der Waals surface area contributed by atoms with Gasteiger partial charge in [0.2, 0.25) is 5.91 Å². The fourth-order valence-corrected chi connectivity index (χ4v) is 4.81. The Labute approximate surface area is 211 Å². The van der Waals surface area contributed by atoms with Gasteiger partial charge in [0.15, 0.2) is 5.16 Å². The van der Waals surface area contributed by atoms with E-state index in [9.17, 15) is 4.79 Å². The molecule has 0 unspecified atom stereocenters. The lowest BCUT2D eigenvalue weighted by Gasteiger charge is -2.12. The highest BCUT2D eigenvalue weighted by Gasteiger charge is 2.14.